The monoisotopic (exact) mass is 243 g/mol. The molecule has 1 nitrogen and oxygen atoms in total. The largest absolute Gasteiger partial charge is 0.307 e. The van der Waals surface area contributed by atoms with Crippen LogP contribution >= 0.6 is 0 Å². The van der Waals surface area contributed by atoms with Gasteiger partial charge in [0.2, 0.25) is 0 Å². The molecule has 0 radical (unpaired) electrons. The van der Waals surface area contributed by atoms with Crippen LogP contribution in [-0.2, 0) is 6.42 Å². The minimum absolute atomic E-state index is 0.607. The summed E-state index contributed by atoms with van der Waals surface area (Å²) >= 11 is 0. The third kappa shape index (κ3) is 2.33. The lowest BCUT2D eigenvalue weighted by atomic mass is 9.97. The first-order valence-electron chi connectivity index (χ1n) is 7.59. The van der Waals surface area contributed by atoms with Gasteiger partial charge in [-0.2, -0.15) is 0 Å². The molecule has 1 aromatic rings. The van der Waals surface area contributed by atoms with Gasteiger partial charge in [0.15, 0.2) is 0 Å². The fourth-order valence-electron chi connectivity index (χ4n) is 3.81. The van der Waals surface area contributed by atoms with Crippen molar-refractivity contribution in [2.24, 2.45) is 5.92 Å². The Morgan fingerprint density at radius 1 is 1.17 bits per heavy atom. The van der Waals surface area contributed by atoms with Crippen LogP contribution in [0.15, 0.2) is 18.2 Å². The van der Waals surface area contributed by atoms with E-state index in [1.54, 1.807) is 11.1 Å². The topological polar surface area (TPSA) is 12.0 Å². The summed E-state index contributed by atoms with van der Waals surface area (Å²) in [6.45, 7) is 4.60. The van der Waals surface area contributed by atoms with Crippen LogP contribution in [0.2, 0.25) is 0 Å². The maximum absolute atomic E-state index is 3.90. The summed E-state index contributed by atoms with van der Waals surface area (Å²) in [7, 11) is 0. The average molecular weight is 243 g/mol. The molecule has 1 N–H and O–H groups in total. The van der Waals surface area contributed by atoms with E-state index in [2.05, 4.69) is 37.4 Å². The van der Waals surface area contributed by atoms with Gasteiger partial charge in [-0.15, -0.1) is 0 Å². The zero-order valence-corrected chi connectivity index (χ0v) is 11.7. The molecule has 3 rings (SSSR count). The van der Waals surface area contributed by atoms with Crippen LogP contribution in [0.1, 0.15) is 61.8 Å². The van der Waals surface area contributed by atoms with E-state index < -0.39 is 0 Å². The Morgan fingerprint density at radius 3 is 2.72 bits per heavy atom. The zero-order valence-electron chi connectivity index (χ0n) is 11.7. The molecule has 2 aliphatic carbocycles. The van der Waals surface area contributed by atoms with Crippen LogP contribution < -0.4 is 5.32 Å². The lowest BCUT2D eigenvalue weighted by Crippen LogP contribution is -2.34. The van der Waals surface area contributed by atoms with Crippen molar-refractivity contribution in [3.63, 3.8) is 0 Å². The molecule has 0 aliphatic heterocycles. The molecule has 98 valence electrons. The Labute approximate surface area is 111 Å². The number of fused-ring (bicyclic) bond motifs is 1. The van der Waals surface area contributed by atoms with Crippen molar-refractivity contribution < 1.29 is 0 Å². The minimum Gasteiger partial charge on any atom is -0.307 e. The van der Waals surface area contributed by atoms with Crippen molar-refractivity contribution in [1.82, 2.24) is 5.32 Å². The maximum Gasteiger partial charge on any atom is 0.0328 e. The molecule has 0 heterocycles. The van der Waals surface area contributed by atoms with E-state index in [-0.39, 0.29) is 0 Å². The van der Waals surface area contributed by atoms with Gasteiger partial charge in [-0.3, -0.25) is 0 Å². The fraction of sp³-hybridized carbons (Fsp3) is 0.647. The highest BCUT2D eigenvalue weighted by Gasteiger charge is 2.27. The highest BCUT2D eigenvalue weighted by molar-refractivity contribution is 5.37. The standard InChI is InChI=1S/C17H25N/c1-12-7-8-15-9-10-17(16(15)11-12)18-13(2)14-5-3-4-6-14/h7-8,11,13-14,17-18H,3-6,9-10H2,1-2H3. The molecular formula is C17H25N. The second-order valence-corrected chi connectivity index (χ2v) is 6.29. The van der Waals surface area contributed by atoms with Crippen LogP contribution in [0, 0.1) is 12.8 Å². The zero-order chi connectivity index (χ0) is 12.5. The highest BCUT2D eigenvalue weighted by atomic mass is 15.0. The van der Waals surface area contributed by atoms with Gasteiger partial charge in [0, 0.05) is 12.1 Å². The summed E-state index contributed by atoms with van der Waals surface area (Å²) in [5, 5.41) is 3.90. The number of aryl methyl sites for hydroxylation is 2. The molecule has 2 unspecified atom stereocenters. The molecule has 0 saturated heterocycles. The molecule has 2 atom stereocenters. The SMILES string of the molecule is Cc1ccc2c(c1)C(NC(C)C1CCCC1)CC2. The smallest absolute Gasteiger partial charge is 0.0328 e. The summed E-state index contributed by atoms with van der Waals surface area (Å²) in [6, 6.07) is 8.26. The van der Waals surface area contributed by atoms with E-state index in [9.17, 15) is 0 Å². The summed E-state index contributed by atoms with van der Waals surface area (Å²) in [5.74, 6) is 0.916. The van der Waals surface area contributed by atoms with Crippen LogP contribution in [-0.4, -0.2) is 6.04 Å². The van der Waals surface area contributed by atoms with E-state index in [1.807, 2.05) is 0 Å². The van der Waals surface area contributed by atoms with Gasteiger partial charge >= 0.3 is 0 Å². The molecule has 0 bridgehead atoms. The molecule has 0 spiro atoms. The third-order valence-corrected chi connectivity index (χ3v) is 4.95. The van der Waals surface area contributed by atoms with Gasteiger partial charge in [-0.1, -0.05) is 36.6 Å². The number of benzene rings is 1. The predicted octanol–water partition coefficient (Wildman–Crippen LogP) is 4.15. The van der Waals surface area contributed by atoms with Gasteiger partial charge < -0.3 is 5.32 Å². The van der Waals surface area contributed by atoms with Crippen LogP contribution in [0.4, 0.5) is 0 Å². The van der Waals surface area contributed by atoms with Gasteiger partial charge in [-0.05, 0) is 56.6 Å². The van der Waals surface area contributed by atoms with Crippen molar-refractivity contribution in [3.05, 3.63) is 34.9 Å². The predicted molar refractivity (Wildman–Crippen MR) is 76.8 cm³/mol. The second kappa shape index (κ2) is 5.05. The van der Waals surface area contributed by atoms with Gasteiger partial charge in [0.1, 0.15) is 0 Å². The highest BCUT2D eigenvalue weighted by Crippen LogP contribution is 2.34. The molecule has 2 aliphatic rings. The quantitative estimate of drug-likeness (QED) is 0.841. The van der Waals surface area contributed by atoms with Crippen molar-refractivity contribution in [2.75, 3.05) is 0 Å². The van der Waals surface area contributed by atoms with Gasteiger partial charge in [0.05, 0.1) is 0 Å². The normalized spacial score (nSPS) is 25.3. The Bertz CT molecular complexity index is 418. The van der Waals surface area contributed by atoms with E-state index in [0.29, 0.717) is 12.1 Å². The van der Waals surface area contributed by atoms with E-state index >= 15 is 0 Å². The maximum atomic E-state index is 3.90. The van der Waals surface area contributed by atoms with E-state index in [1.165, 1.54) is 44.1 Å². The molecular weight excluding hydrogens is 218 g/mol. The van der Waals surface area contributed by atoms with Crippen LogP contribution in [0.5, 0.6) is 0 Å². The van der Waals surface area contributed by atoms with Gasteiger partial charge in [-0.25, -0.2) is 0 Å². The lowest BCUT2D eigenvalue weighted by molar-refractivity contribution is 0.342. The molecule has 1 saturated carbocycles. The number of nitrogens with one attached hydrogen (secondary N) is 1. The molecule has 1 fully saturated rings. The molecule has 18 heavy (non-hydrogen) atoms. The molecule has 0 amide bonds. The number of hydrogen-bond donors (Lipinski definition) is 1. The second-order valence-electron chi connectivity index (χ2n) is 6.29. The Balaban J connectivity index is 1.70. The van der Waals surface area contributed by atoms with Crippen LogP contribution in [0.3, 0.4) is 0 Å². The number of hydrogen-bond acceptors (Lipinski definition) is 1. The summed E-state index contributed by atoms with van der Waals surface area (Å²) in [5.41, 5.74) is 4.53. The van der Waals surface area contributed by atoms with E-state index in [0.717, 1.165) is 5.92 Å². The lowest BCUT2D eigenvalue weighted by Gasteiger charge is -2.25. The molecule has 1 heteroatoms. The van der Waals surface area contributed by atoms with Gasteiger partial charge in [0.25, 0.3) is 0 Å². The minimum atomic E-state index is 0.607. The first-order chi connectivity index (χ1) is 8.74. The van der Waals surface area contributed by atoms with Crippen molar-refractivity contribution >= 4 is 0 Å². The van der Waals surface area contributed by atoms with Crippen molar-refractivity contribution in [1.29, 1.82) is 0 Å². The Hall–Kier alpha value is -0.820. The number of rotatable bonds is 3. The first-order valence-corrected chi connectivity index (χ1v) is 7.59. The average Bonchev–Trinajstić information content (AvgIpc) is 2.99. The summed E-state index contributed by atoms with van der Waals surface area (Å²) in [4.78, 5) is 0. The molecule has 0 aromatic heterocycles. The summed E-state index contributed by atoms with van der Waals surface area (Å²) in [6.07, 6.45) is 8.29. The third-order valence-electron chi connectivity index (χ3n) is 4.95. The fourth-order valence-corrected chi connectivity index (χ4v) is 3.81. The Morgan fingerprint density at radius 2 is 1.94 bits per heavy atom. The van der Waals surface area contributed by atoms with E-state index in [4.69, 9.17) is 0 Å². The summed E-state index contributed by atoms with van der Waals surface area (Å²) < 4.78 is 0. The Kier molecular flexibility index (Phi) is 3.43. The van der Waals surface area contributed by atoms with Crippen molar-refractivity contribution in [2.45, 2.75) is 64.5 Å². The van der Waals surface area contributed by atoms with Crippen LogP contribution in [0.25, 0.3) is 0 Å². The van der Waals surface area contributed by atoms with Crippen molar-refractivity contribution in [3.8, 4) is 0 Å². The molecule has 1 aromatic carbocycles. The first kappa shape index (κ1) is 12.2.